The Kier molecular flexibility index (Phi) is 8.52. The molecule has 1 fully saturated rings. The summed E-state index contributed by atoms with van der Waals surface area (Å²) in [5, 5.41) is 2.54. The minimum atomic E-state index is -3.59. The largest absolute Gasteiger partial charge is 0.465 e. The number of rotatable bonds is 8. The van der Waals surface area contributed by atoms with Crippen LogP contribution >= 0.6 is 0 Å². The lowest BCUT2D eigenvalue weighted by atomic mass is 10.2. The number of carbonyl (C=O) groups excluding carboxylic acids is 3. The monoisotopic (exact) mass is 488 g/mol. The Morgan fingerprint density at radius 2 is 1.68 bits per heavy atom. The molecule has 0 radical (unpaired) electrons. The molecule has 11 heteroatoms. The molecule has 0 spiro atoms. The van der Waals surface area contributed by atoms with Crippen molar-refractivity contribution in [3.63, 3.8) is 0 Å². The first-order valence-corrected chi connectivity index (χ1v) is 11.7. The average Bonchev–Trinajstić information content (AvgIpc) is 2.87. The number of anilines is 1. The van der Waals surface area contributed by atoms with Crippen molar-refractivity contribution in [3.05, 3.63) is 65.7 Å². The van der Waals surface area contributed by atoms with Crippen LogP contribution in [0.25, 0.3) is 6.08 Å². The standard InChI is InChI=1S/C23H24N2O8S/c1-31-23(28)18-5-7-19(8-6-18)24-21(26)16-33-22(27)11-4-17-2-9-20(10-3-17)34(29,30)25-12-14-32-15-13-25/h2-11H,12-16H2,1H3,(H,24,26)/b11-4+. The number of amides is 1. The van der Waals surface area contributed by atoms with E-state index in [-0.39, 0.29) is 4.90 Å². The van der Waals surface area contributed by atoms with Crippen LogP contribution in [-0.2, 0) is 33.8 Å². The third-order valence-electron chi connectivity index (χ3n) is 4.84. The minimum Gasteiger partial charge on any atom is -0.465 e. The van der Waals surface area contributed by atoms with Gasteiger partial charge < -0.3 is 19.5 Å². The first kappa shape index (κ1) is 25.1. The fraction of sp³-hybridized carbons (Fsp3) is 0.261. The van der Waals surface area contributed by atoms with E-state index in [0.717, 1.165) is 6.08 Å². The van der Waals surface area contributed by atoms with E-state index >= 15 is 0 Å². The Morgan fingerprint density at radius 3 is 2.29 bits per heavy atom. The molecule has 0 atom stereocenters. The number of benzene rings is 2. The molecular formula is C23H24N2O8S. The summed E-state index contributed by atoms with van der Waals surface area (Å²) in [5.74, 6) is -1.78. The third kappa shape index (κ3) is 6.73. The molecule has 0 bridgehead atoms. The van der Waals surface area contributed by atoms with Gasteiger partial charge >= 0.3 is 11.9 Å². The summed E-state index contributed by atoms with van der Waals surface area (Å²) in [6.07, 6.45) is 2.60. The Labute approximate surface area is 197 Å². The number of hydrogen-bond acceptors (Lipinski definition) is 8. The van der Waals surface area contributed by atoms with E-state index in [1.54, 1.807) is 12.1 Å². The molecule has 3 rings (SSSR count). The predicted molar refractivity (Wildman–Crippen MR) is 122 cm³/mol. The molecule has 10 nitrogen and oxygen atoms in total. The zero-order valence-electron chi connectivity index (χ0n) is 18.4. The number of ether oxygens (including phenoxy) is 3. The Morgan fingerprint density at radius 1 is 1.03 bits per heavy atom. The van der Waals surface area contributed by atoms with Crippen LogP contribution in [0.2, 0.25) is 0 Å². The maximum Gasteiger partial charge on any atom is 0.337 e. The Hall–Kier alpha value is -3.54. The van der Waals surface area contributed by atoms with Gasteiger partial charge in [-0.2, -0.15) is 4.31 Å². The SMILES string of the molecule is COC(=O)c1ccc(NC(=O)COC(=O)/C=C/c2ccc(S(=O)(=O)N3CCOCC3)cc2)cc1. The fourth-order valence-electron chi connectivity index (χ4n) is 3.04. The lowest BCUT2D eigenvalue weighted by molar-refractivity contribution is -0.142. The second-order valence-corrected chi connectivity index (χ2v) is 9.08. The molecule has 2 aromatic carbocycles. The van der Waals surface area contributed by atoms with Gasteiger partial charge in [-0.25, -0.2) is 18.0 Å². The van der Waals surface area contributed by atoms with Gasteiger partial charge in [-0.05, 0) is 48.0 Å². The normalized spacial score (nSPS) is 14.5. The Bertz CT molecular complexity index is 1150. The molecule has 0 aliphatic carbocycles. The summed E-state index contributed by atoms with van der Waals surface area (Å²) in [5.41, 5.74) is 1.35. The van der Waals surface area contributed by atoms with Gasteiger partial charge in [0, 0.05) is 24.9 Å². The smallest absolute Gasteiger partial charge is 0.337 e. The summed E-state index contributed by atoms with van der Waals surface area (Å²) in [4.78, 5) is 35.4. The van der Waals surface area contributed by atoms with Crippen LogP contribution < -0.4 is 5.32 Å². The number of morpholine rings is 1. The van der Waals surface area contributed by atoms with Crippen molar-refractivity contribution in [2.24, 2.45) is 0 Å². The van der Waals surface area contributed by atoms with Gasteiger partial charge in [-0.1, -0.05) is 12.1 Å². The summed E-state index contributed by atoms with van der Waals surface area (Å²) in [7, 11) is -2.32. The number of hydrogen-bond donors (Lipinski definition) is 1. The van der Waals surface area contributed by atoms with Crippen molar-refractivity contribution in [2.75, 3.05) is 45.3 Å². The minimum absolute atomic E-state index is 0.158. The molecule has 2 aromatic rings. The lowest BCUT2D eigenvalue weighted by Crippen LogP contribution is -2.40. The maximum absolute atomic E-state index is 12.6. The number of carbonyl (C=O) groups is 3. The first-order valence-electron chi connectivity index (χ1n) is 10.3. The van der Waals surface area contributed by atoms with Crippen LogP contribution in [0.4, 0.5) is 5.69 Å². The van der Waals surface area contributed by atoms with Gasteiger partial charge in [0.2, 0.25) is 10.0 Å². The second-order valence-electron chi connectivity index (χ2n) is 7.14. The highest BCUT2D eigenvalue weighted by Gasteiger charge is 2.25. The highest BCUT2D eigenvalue weighted by molar-refractivity contribution is 7.89. The van der Waals surface area contributed by atoms with Gasteiger partial charge in [-0.15, -0.1) is 0 Å². The van der Waals surface area contributed by atoms with Crippen LogP contribution in [0.3, 0.4) is 0 Å². The van der Waals surface area contributed by atoms with Gasteiger partial charge in [-0.3, -0.25) is 4.79 Å². The highest BCUT2D eigenvalue weighted by atomic mass is 32.2. The van der Waals surface area contributed by atoms with Crippen molar-refractivity contribution in [2.45, 2.75) is 4.90 Å². The van der Waals surface area contributed by atoms with Crippen molar-refractivity contribution in [1.29, 1.82) is 0 Å². The average molecular weight is 489 g/mol. The van der Waals surface area contributed by atoms with Crippen LogP contribution in [0, 0.1) is 0 Å². The third-order valence-corrected chi connectivity index (χ3v) is 6.75. The van der Waals surface area contributed by atoms with E-state index in [4.69, 9.17) is 9.47 Å². The summed E-state index contributed by atoms with van der Waals surface area (Å²) >= 11 is 0. The number of sulfonamides is 1. The van der Waals surface area contributed by atoms with Crippen LogP contribution in [0.5, 0.6) is 0 Å². The number of nitrogens with one attached hydrogen (secondary N) is 1. The number of nitrogens with zero attached hydrogens (tertiary/aromatic N) is 1. The Balaban J connectivity index is 1.48. The van der Waals surface area contributed by atoms with Gasteiger partial charge in [0.1, 0.15) is 0 Å². The zero-order chi connectivity index (χ0) is 24.6. The highest BCUT2D eigenvalue weighted by Crippen LogP contribution is 2.18. The van der Waals surface area contributed by atoms with E-state index in [1.807, 2.05) is 0 Å². The quantitative estimate of drug-likeness (QED) is 0.439. The molecule has 1 aliphatic rings. The molecule has 0 aromatic heterocycles. The van der Waals surface area contributed by atoms with Crippen molar-refractivity contribution >= 4 is 39.6 Å². The summed E-state index contributed by atoms with van der Waals surface area (Å²) in [6, 6.07) is 12.1. The summed E-state index contributed by atoms with van der Waals surface area (Å²) in [6.45, 7) is 0.840. The topological polar surface area (TPSA) is 128 Å². The maximum atomic E-state index is 12.6. The molecule has 1 saturated heterocycles. The van der Waals surface area contributed by atoms with Gasteiger partial charge in [0.15, 0.2) is 6.61 Å². The molecule has 180 valence electrons. The van der Waals surface area contributed by atoms with Crippen LogP contribution in [0.1, 0.15) is 15.9 Å². The van der Waals surface area contributed by atoms with E-state index < -0.39 is 34.5 Å². The van der Waals surface area contributed by atoms with Crippen molar-refractivity contribution < 1.29 is 37.0 Å². The molecule has 1 aliphatic heterocycles. The van der Waals surface area contributed by atoms with Gasteiger partial charge in [0.25, 0.3) is 5.91 Å². The summed E-state index contributed by atoms with van der Waals surface area (Å²) < 4.78 is 41.3. The lowest BCUT2D eigenvalue weighted by Gasteiger charge is -2.26. The van der Waals surface area contributed by atoms with Crippen LogP contribution in [0.15, 0.2) is 59.5 Å². The van der Waals surface area contributed by atoms with Crippen molar-refractivity contribution in [3.8, 4) is 0 Å². The number of esters is 2. The molecule has 0 saturated carbocycles. The van der Waals surface area contributed by atoms with Gasteiger partial charge in [0.05, 0.1) is 30.8 Å². The van der Waals surface area contributed by atoms with Crippen LogP contribution in [-0.4, -0.2) is 70.6 Å². The van der Waals surface area contributed by atoms with E-state index in [9.17, 15) is 22.8 Å². The van der Waals surface area contributed by atoms with E-state index in [1.165, 1.54) is 53.9 Å². The molecule has 1 amide bonds. The second kappa shape index (κ2) is 11.5. The predicted octanol–water partition coefficient (Wildman–Crippen LogP) is 1.69. The molecular weight excluding hydrogens is 464 g/mol. The first-order chi connectivity index (χ1) is 16.3. The van der Waals surface area contributed by atoms with E-state index in [0.29, 0.717) is 43.1 Å². The molecule has 1 N–H and O–H groups in total. The molecule has 0 unspecified atom stereocenters. The van der Waals surface area contributed by atoms with Crippen molar-refractivity contribution in [1.82, 2.24) is 4.31 Å². The molecule has 34 heavy (non-hydrogen) atoms. The zero-order valence-corrected chi connectivity index (χ0v) is 19.2. The fourth-order valence-corrected chi connectivity index (χ4v) is 4.45. The van der Waals surface area contributed by atoms with E-state index in [2.05, 4.69) is 10.1 Å². The number of methoxy groups -OCH3 is 1. The molecule has 1 heterocycles.